The maximum atomic E-state index is 15.0. The molecule has 43 heavy (non-hydrogen) atoms. The minimum absolute atomic E-state index is 0.0528. The molecule has 0 bridgehead atoms. The number of hydrogen-bond acceptors (Lipinski definition) is 4. The number of carbonyl (C=O) groups excluding carboxylic acids is 2. The van der Waals surface area contributed by atoms with Crippen LogP contribution >= 0.6 is 0 Å². The molecule has 1 aliphatic carbocycles. The minimum Gasteiger partial charge on any atom is -0.383 e. The molecular weight excluding hydrogens is 541 g/mol. The van der Waals surface area contributed by atoms with E-state index in [1.165, 1.54) is 11.6 Å². The minimum atomic E-state index is -0.522. The van der Waals surface area contributed by atoms with E-state index in [-0.39, 0.29) is 28.7 Å². The summed E-state index contributed by atoms with van der Waals surface area (Å²) < 4.78 is 20.3. The predicted octanol–water partition coefficient (Wildman–Crippen LogP) is 6.76. The van der Waals surface area contributed by atoms with Gasteiger partial charge in [-0.3, -0.25) is 14.5 Å². The molecule has 0 radical (unpaired) electrons. The number of hydrogen-bond donors (Lipinski definition) is 1. The quantitative estimate of drug-likeness (QED) is 0.333. The van der Waals surface area contributed by atoms with Crippen LogP contribution in [0.2, 0.25) is 0 Å². The number of aryl methyl sites for hydroxylation is 1. The Morgan fingerprint density at radius 3 is 2.58 bits per heavy atom. The van der Waals surface area contributed by atoms with E-state index >= 15 is 4.39 Å². The van der Waals surface area contributed by atoms with Gasteiger partial charge >= 0.3 is 0 Å². The third kappa shape index (κ3) is 8.01. The number of likely N-dealkylation sites (tertiary alicyclic amines) is 1. The van der Waals surface area contributed by atoms with Crippen molar-refractivity contribution in [2.75, 3.05) is 45.2 Å². The second kappa shape index (κ2) is 14.5. The van der Waals surface area contributed by atoms with Crippen LogP contribution in [0, 0.1) is 24.6 Å². The third-order valence-corrected chi connectivity index (χ3v) is 8.83. The first-order valence-corrected chi connectivity index (χ1v) is 15.6. The Balaban J connectivity index is 1.62. The number of ether oxygens (including phenoxy) is 1. The van der Waals surface area contributed by atoms with E-state index in [1.807, 2.05) is 18.2 Å². The number of benzene rings is 2. The number of methoxy groups -OCH3 is 1. The predicted molar refractivity (Wildman–Crippen MR) is 172 cm³/mol. The zero-order chi connectivity index (χ0) is 31.1. The van der Waals surface area contributed by atoms with Gasteiger partial charge in [0.15, 0.2) is 0 Å². The molecule has 2 aliphatic rings. The van der Waals surface area contributed by atoms with E-state index in [0.29, 0.717) is 38.0 Å². The highest BCUT2D eigenvalue weighted by Crippen LogP contribution is 2.36. The normalized spacial score (nSPS) is 20.7. The molecule has 1 unspecified atom stereocenters. The highest BCUT2D eigenvalue weighted by atomic mass is 19.1. The van der Waals surface area contributed by atoms with E-state index < -0.39 is 17.8 Å². The first kappa shape index (κ1) is 32.6. The molecule has 4 rings (SSSR count). The summed E-state index contributed by atoms with van der Waals surface area (Å²) in [5, 5.41) is 3.17. The molecule has 6 nitrogen and oxygen atoms in total. The van der Waals surface area contributed by atoms with E-state index in [4.69, 9.17) is 4.74 Å². The fourth-order valence-corrected chi connectivity index (χ4v) is 6.30. The molecule has 0 saturated carbocycles. The maximum Gasteiger partial charge on any atom is 0.257 e. The molecule has 2 aromatic rings. The average molecular weight is 590 g/mol. The molecule has 1 heterocycles. The van der Waals surface area contributed by atoms with Gasteiger partial charge in [-0.2, -0.15) is 0 Å². The molecule has 7 heteroatoms. The van der Waals surface area contributed by atoms with Crippen molar-refractivity contribution in [3.05, 3.63) is 88.8 Å². The number of rotatable bonds is 10. The highest BCUT2D eigenvalue weighted by molar-refractivity contribution is 5.98. The molecule has 232 valence electrons. The summed E-state index contributed by atoms with van der Waals surface area (Å²) in [4.78, 5) is 32.1. The summed E-state index contributed by atoms with van der Waals surface area (Å²) in [5.41, 5.74) is 3.75. The number of halogens is 1. The Morgan fingerprint density at radius 2 is 1.93 bits per heavy atom. The van der Waals surface area contributed by atoms with E-state index in [1.54, 1.807) is 31.1 Å². The standard InChI is InChI=1S/C36H48FN3O3/c1-7-39(21-22-43-6)24-26-16-18-27(19-17-26)33-30(34(41)38-29-13-9-12-28(23-29)36(3,4)5)14-10-20-40(33)35(42)32-25(2)11-8-15-31(32)37/h8-9,11-13,15-18,23,27,30,33H,7,10,14,19-22,24H2,1-6H3,(H,38,41)/t27?,30-,33-/m0/s1. The van der Waals surface area contributed by atoms with Crippen LogP contribution in [0.4, 0.5) is 10.1 Å². The van der Waals surface area contributed by atoms with Crippen LogP contribution in [0.15, 0.2) is 66.3 Å². The average Bonchev–Trinajstić information content (AvgIpc) is 2.98. The second-order valence-electron chi connectivity index (χ2n) is 12.9. The summed E-state index contributed by atoms with van der Waals surface area (Å²) in [6, 6.07) is 12.3. The number of likely N-dealkylation sites (N-methyl/N-ethyl adjacent to an activating group) is 1. The summed E-state index contributed by atoms with van der Waals surface area (Å²) >= 11 is 0. The number of allylic oxidation sites excluding steroid dienone is 1. The summed E-state index contributed by atoms with van der Waals surface area (Å²) in [6.07, 6.45) is 8.58. The van der Waals surface area contributed by atoms with Gasteiger partial charge in [0, 0.05) is 38.3 Å². The van der Waals surface area contributed by atoms with Crippen LogP contribution in [0.5, 0.6) is 0 Å². The Kier molecular flexibility index (Phi) is 11.0. The van der Waals surface area contributed by atoms with E-state index in [0.717, 1.165) is 30.9 Å². The molecule has 1 aliphatic heterocycles. The van der Waals surface area contributed by atoms with Crippen molar-refractivity contribution in [2.24, 2.45) is 11.8 Å². The van der Waals surface area contributed by atoms with E-state index in [2.05, 4.69) is 62.2 Å². The van der Waals surface area contributed by atoms with Gasteiger partial charge in [-0.1, -0.05) is 70.2 Å². The molecular formula is C36H48FN3O3. The molecule has 2 aromatic carbocycles. The Labute approximate surface area is 257 Å². The number of piperidine rings is 1. The van der Waals surface area contributed by atoms with E-state index in [9.17, 15) is 9.59 Å². The molecule has 0 spiro atoms. The van der Waals surface area contributed by atoms with Crippen molar-refractivity contribution in [1.82, 2.24) is 9.80 Å². The van der Waals surface area contributed by atoms with Gasteiger partial charge in [0.1, 0.15) is 5.82 Å². The first-order chi connectivity index (χ1) is 20.5. The number of anilines is 1. The molecule has 0 aromatic heterocycles. The van der Waals surface area contributed by atoms with Gasteiger partial charge < -0.3 is 15.0 Å². The van der Waals surface area contributed by atoms with Crippen molar-refractivity contribution in [2.45, 2.75) is 65.3 Å². The van der Waals surface area contributed by atoms with Crippen molar-refractivity contribution >= 4 is 17.5 Å². The van der Waals surface area contributed by atoms with Gasteiger partial charge in [-0.05, 0) is 73.0 Å². The van der Waals surface area contributed by atoms with Crippen LogP contribution < -0.4 is 5.32 Å². The van der Waals surface area contributed by atoms with Crippen molar-refractivity contribution in [3.63, 3.8) is 0 Å². The number of carbonyl (C=O) groups is 2. The lowest BCUT2D eigenvalue weighted by Gasteiger charge is -2.44. The van der Waals surface area contributed by atoms with Gasteiger partial charge in [-0.15, -0.1) is 0 Å². The Morgan fingerprint density at radius 1 is 1.16 bits per heavy atom. The fourth-order valence-electron chi connectivity index (χ4n) is 6.30. The summed E-state index contributed by atoms with van der Waals surface area (Å²) in [5.74, 6) is -1.45. The molecule has 2 amide bonds. The van der Waals surface area contributed by atoms with Crippen LogP contribution in [0.25, 0.3) is 0 Å². The monoisotopic (exact) mass is 589 g/mol. The van der Waals surface area contributed by atoms with Gasteiger partial charge in [0.2, 0.25) is 5.91 Å². The third-order valence-electron chi connectivity index (χ3n) is 8.83. The largest absolute Gasteiger partial charge is 0.383 e. The lowest BCUT2D eigenvalue weighted by Crippen LogP contribution is -2.55. The molecule has 1 fully saturated rings. The SMILES string of the molecule is CCN(CCOC)CC1=CCC([C@H]2[C@@H](C(=O)Nc3cccc(C(C)(C)C)c3)CCCN2C(=O)c2c(C)cccc2F)C=C1. The van der Waals surface area contributed by atoms with Crippen molar-refractivity contribution in [3.8, 4) is 0 Å². The second-order valence-corrected chi connectivity index (χ2v) is 12.9. The van der Waals surface area contributed by atoms with Gasteiger partial charge in [0.25, 0.3) is 5.91 Å². The lowest BCUT2D eigenvalue weighted by atomic mass is 9.77. The molecule has 1 saturated heterocycles. The van der Waals surface area contributed by atoms with Crippen molar-refractivity contribution in [1.29, 1.82) is 0 Å². The smallest absolute Gasteiger partial charge is 0.257 e. The fraction of sp³-hybridized carbons (Fsp3) is 0.500. The zero-order valence-corrected chi connectivity index (χ0v) is 26.7. The first-order valence-electron chi connectivity index (χ1n) is 15.6. The van der Waals surface area contributed by atoms with Crippen LogP contribution in [0.3, 0.4) is 0 Å². The number of amides is 2. The Bertz CT molecular complexity index is 1330. The molecule has 1 N–H and O–H groups in total. The van der Waals surface area contributed by atoms with Crippen LogP contribution in [-0.2, 0) is 14.9 Å². The van der Waals surface area contributed by atoms with Crippen molar-refractivity contribution < 1.29 is 18.7 Å². The Hall–Kier alpha value is -3.29. The number of nitrogens with zero attached hydrogens (tertiary/aromatic N) is 2. The summed E-state index contributed by atoms with van der Waals surface area (Å²) in [6.45, 7) is 14.1. The van der Waals surface area contributed by atoms with Gasteiger partial charge in [0.05, 0.1) is 24.1 Å². The lowest BCUT2D eigenvalue weighted by molar-refractivity contribution is -0.123. The highest BCUT2D eigenvalue weighted by Gasteiger charge is 2.43. The topological polar surface area (TPSA) is 61.9 Å². The van der Waals surface area contributed by atoms with Crippen LogP contribution in [-0.4, -0.2) is 67.6 Å². The molecule has 3 atom stereocenters. The summed E-state index contributed by atoms with van der Waals surface area (Å²) in [7, 11) is 1.71. The number of nitrogens with one attached hydrogen (secondary N) is 1. The zero-order valence-electron chi connectivity index (χ0n) is 26.7. The maximum absolute atomic E-state index is 15.0. The van der Waals surface area contributed by atoms with Gasteiger partial charge in [-0.25, -0.2) is 4.39 Å². The van der Waals surface area contributed by atoms with Crippen LogP contribution in [0.1, 0.15) is 68.4 Å².